The largest absolute Gasteiger partial charge is 0.489 e. The Labute approximate surface area is 228 Å². The summed E-state index contributed by atoms with van der Waals surface area (Å²) in [4.78, 5) is 19.5. The van der Waals surface area contributed by atoms with Gasteiger partial charge < -0.3 is 10.1 Å². The van der Waals surface area contributed by atoms with Gasteiger partial charge in [0.2, 0.25) is 0 Å². The number of amides is 1. The van der Waals surface area contributed by atoms with Crippen molar-refractivity contribution in [2.45, 2.75) is 53.1 Å². The fourth-order valence-electron chi connectivity index (χ4n) is 3.83. The zero-order valence-corrected chi connectivity index (χ0v) is 22.9. The number of nitrogens with zero attached hydrogens (tertiary/aromatic N) is 2. The Hall–Kier alpha value is -3.55. The summed E-state index contributed by atoms with van der Waals surface area (Å²) < 4.78 is 19.4. The van der Waals surface area contributed by atoms with Gasteiger partial charge in [0.25, 0.3) is 5.91 Å². The molecule has 1 atom stereocenters. The van der Waals surface area contributed by atoms with Gasteiger partial charge in [-0.1, -0.05) is 68.4 Å². The number of benzene rings is 3. The van der Waals surface area contributed by atoms with Crippen LogP contribution in [0.25, 0.3) is 0 Å². The fourth-order valence-corrected chi connectivity index (χ4v) is 4.65. The normalized spacial score (nSPS) is 12.1. The molecule has 1 heterocycles. The molecule has 198 valence electrons. The van der Waals surface area contributed by atoms with Gasteiger partial charge in [0, 0.05) is 24.5 Å². The third kappa shape index (κ3) is 8.23. The first-order chi connectivity index (χ1) is 18.4. The van der Waals surface area contributed by atoms with E-state index < -0.39 is 0 Å². The molecule has 0 aliphatic heterocycles. The SMILES string of the molecule is CC(C)[C@@H](C)NC(=O)c1csc(CN(Cc2ccc(F)cc2)Cc2ccc(OCc3ccccc3)cc2)n1. The Morgan fingerprint density at radius 1 is 0.895 bits per heavy atom. The average molecular weight is 532 g/mol. The topological polar surface area (TPSA) is 54.5 Å². The number of thiazole rings is 1. The molecule has 0 saturated heterocycles. The molecule has 4 rings (SSSR count). The zero-order valence-electron chi connectivity index (χ0n) is 22.1. The maximum absolute atomic E-state index is 13.5. The van der Waals surface area contributed by atoms with E-state index in [0.717, 1.165) is 27.4 Å². The molecule has 0 bridgehead atoms. The van der Waals surface area contributed by atoms with Gasteiger partial charge in [-0.3, -0.25) is 9.69 Å². The number of ether oxygens (including phenoxy) is 1. The molecule has 38 heavy (non-hydrogen) atoms. The average Bonchev–Trinajstić information content (AvgIpc) is 3.39. The minimum atomic E-state index is -0.252. The second-order valence-electron chi connectivity index (χ2n) is 9.82. The molecule has 5 nitrogen and oxygen atoms in total. The number of rotatable bonds is 12. The molecule has 7 heteroatoms. The van der Waals surface area contributed by atoms with E-state index in [1.54, 1.807) is 12.1 Å². The zero-order chi connectivity index (χ0) is 26.9. The van der Waals surface area contributed by atoms with Crippen LogP contribution in [0.5, 0.6) is 5.75 Å². The molecular formula is C31H34FN3O2S. The van der Waals surface area contributed by atoms with Gasteiger partial charge >= 0.3 is 0 Å². The standard InChI is InChI=1S/C31H34FN3O2S/c1-22(2)23(3)33-31(36)29-21-38-30(34-29)19-35(17-24-9-13-27(32)14-10-24)18-25-11-15-28(16-12-25)37-20-26-7-5-4-6-8-26/h4-16,21-23H,17-20H2,1-3H3,(H,33,36)/t23-/m1/s1. The van der Waals surface area contributed by atoms with Crippen LogP contribution in [0.1, 0.15) is 53.0 Å². The molecule has 1 aromatic heterocycles. The van der Waals surface area contributed by atoms with Crippen molar-refractivity contribution >= 4 is 17.2 Å². The first-order valence-electron chi connectivity index (χ1n) is 12.8. The molecule has 0 saturated carbocycles. The molecule has 3 aromatic carbocycles. The highest BCUT2D eigenvalue weighted by molar-refractivity contribution is 7.09. The quantitative estimate of drug-likeness (QED) is 0.218. The predicted molar refractivity (Wildman–Crippen MR) is 150 cm³/mol. The van der Waals surface area contributed by atoms with Gasteiger partial charge in [0.15, 0.2) is 0 Å². The minimum absolute atomic E-state index is 0.0715. The Kier molecular flexibility index (Phi) is 9.62. The van der Waals surface area contributed by atoms with Crippen molar-refractivity contribution in [3.63, 3.8) is 0 Å². The third-order valence-corrected chi connectivity index (χ3v) is 7.23. The van der Waals surface area contributed by atoms with E-state index in [-0.39, 0.29) is 17.8 Å². The molecule has 0 fully saturated rings. The van der Waals surface area contributed by atoms with Crippen LogP contribution in [0.15, 0.2) is 84.2 Å². The number of nitrogens with one attached hydrogen (secondary N) is 1. The Bertz CT molecular complexity index is 1290. The summed E-state index contributed by atoms with van der Waals surface area (Å²) in [5.74, 6) is 0.759. The van der Waals surface area contributed by atoms with Gasteiger partial charge in [-0.25, -0.2) is 9.37 Å². The van der Waals surface area contributed by atoms with Gasteiger partial charge in [-0.05, 0) is 53.8 Å². The van der Waals surface area contributed by atoms with E-state index in [4.69, 9.17) is 4.74 Å². The van der Waals surface area contributed by atoms with Crippen molar-refractivity contribution in [3.05, 3.63) is 117 Å². The Morgan fingerprint density at radius 3 is 2.16 bits per heavy atom. The Balaban J connectivity index is 1.43. The van der Waals surface area contributed by atoms with Crippen LogP contribution >= 0.6 is 11.3 Å². The lowest BCUT2D eigenvalue weighted by molar-refractivity contribution is 0.0925. The molecule has 4 aromatic rings. The molecule has 0 unspecified atom stereocenters. The van der Waals surface area contributed by atoms with Crippen molar-refractivity contribution in [2.75, 3.05) is 0 Å². The molecule has 1 N–H and O–H groups in total. The molecular weight excluding hydrogens is 497 g/mol. The first-order valence-corrected chi connectivity index (χ1v) is 13.7. The van der Waals surface area contributed by atoms with Crippen molar-refractivity contribution in [2.24, 2.45) is 5.92 Å². The van der Waals surface area contributed by atoms with E-state index >= 15 is 0 Å². The van der Waals surface area contributed by atoms with Crippen molar-refractivity contribution in [1.82, 2.24) is 15.2 Å². The van der Waals surface area contributed by atoms with E-state index in [1.165, 1.54) is 23.5 Å². The van der Waals surface area contributed by atoms with Crippen LogP contribution < -0.4 is 10.1 Å². The van der Waals surface area contributed by atoms with Crippen molar-refractivity contribution in [3.8, 4) is 5.75 Å². The number of hydrogen-bond donors (Lipinski definition) is 1. The highest BCUT2D eigenvalue weighted by atomic mass is 32.1. The summed E-state index contributed by atoms with van der Waals surface area (Å²) in [5, 5.41) is 5.69. The second-order valence-corrected chi connectivity index (χ2v) is 10.8. The summed E-state index contributed by atoms with van der Waals surface area (Å²) in [6, 6.07) is 24.8. The Morgan fingerprint density at radius 2 is 1.53 bits per heavy atom. The first kappa shape index (κ1) is 27.5. The molecule has 0 aliphatic rings. The summed E-state index contributed by atoms with van der Waals surface area (Å²) in [6.07, 6.45) is 0. The van der Waals surface area contributed by atoms with Crippen LogP contribution in [0.2, 0.25) is 0 Å². The maximum Gasteiger partial charge on any atom is 0.270 e. The summed E-state index contributed by atoms with van der Waals surface area (Å²) in [5.41, 5.74) is 3.70. The van der Waals surface area contributed by atoms with Crippen LogP contribution in [0, 0.1) is 11.7 Å². The van der Waals surface area contributed by atoms with Crippen molar-refractivity contribution in [1.29, 1.82) is 0 Å². The molecule has 0 radical (unpaired) electrons. The third-order valence-electron chi connectivity index (χ3n) is 6.40. The van der Waals surface area contributed by atoms with Gasteiger partial charge in [-0.15, -0.1) is 11.3 Å². The van der Waals surface area contributed by atoms with Crippen molar-refractivity contribution < 1.29 is 13.9 Å². The highest BCUT2D eigenvalue weighted by Gasteiger charge is 2.17. The van der Waals surface area contributed by atoms with Crippen LogP contribution in [0.4, 0.5) is 4.39 Å². The van der Waals surface area contributed by atoms with E-state index in [9.17, 15) is 9.18 Å². The van der Waals surface area contributed by atoms with E-state index in [1.807, 2.05) is 54.8 Å². The molecule has 0 aliphatic carbocycles. The number of carbonyl (C=O) groups is 1. The maximum atomic E-state index is 13.5. The lowest BCUT2D eigenvalue weighted by Gasteiger charge is -2.22. The van der Waals surface area contributed by atoms with Crippen LogP contribution in [-0.4, -0.2) is 21.8 Å². The summed E-state index contributed by atoms with van der Waals surface area (Å²) >= 11 is 1.48. The minimum Gasteiger partial charge on any atom is -0.489 e. The predicted octanol–water partition coefficient (Wildman–Crippen LogP) is 6.84. The molecule has 0 spiro atoms. The number of hydrogen-bond acceptors (Lipinski definition) is 5. The fraction of sp³-hybridized carbons (Fsp3) is 0.290. The number of carbonyl (C=O) groups excluding carboxylic acids is 1. The van der Waals surface area contributed by atoms with Gasteiger partial charge in [-0.2, -0.15) is 0 Å². The molecule has 1 amide bonds. The smallest absolute Gasteiger partial charge is 0.270 e. The number of aromatic nitrogens is 1. The summed E-state index contributed by atoms with van der Waals surface area (Å²) in [7, 11) is 0. The summed E-state index contributed by atoms with van der Waals surface area (Å²) in [6.45, 7) is 8.53. The number of halogens is 1. The van der Waals surface area contributed by atoms with Gasteiger partial charge in [0.1, 0.15) is 28.9 Å². The van der Waals surface area contributed by atoms with E-state index in [0.29, 0.717) is 37.9 Å². The van der Waals surface area contributed by atoms with Crippen LogP contribution in [-0.2, 0) is 26.2 Å². The van der Waals surface area contributed by atoms with Crippen LogP contribution in [0.3, 0.4) is 0 Å². The highest BCUT2D eigenvalue weighted by Crippen LogP contribution is 2.20. The lowest BCUT2D eigenvalue weighted by Crippen LogP contribution is -2.36. The van der Waals surface area contributed by atoms with Gasteiger partial charge in [0.05, 0.1) is 6.54 Å². The lowest BCUT2D eigenvalue weighted by atomic mass is 10.1. The second kappa shape index (κ2) is 13.3. The van der Waals surface area contributed by atoms with E-state index in [2.05, 4.69) is 41.2 Å². The monoisotopic (exact) mass is 531 g/mol.